The van der Waals surface area contributed by atoms with Crippen molar-refractivity contribution in [2.75, 3.05) is 7.11 Å². The highest BCUT2D eigenvalue weighted by atomic mass is 16.6. The Hall–Kier alpha value is -2.14. The van der Waals surface area contributed by atoms with Gasteiger partial charge in [0.25, 0.3) is 5.91 Å². The molecule has 2 N–H and O–H groups in total. The molecule has 0 spiro atoms. The summed E-state index contributed by atoms with van der Waals surface area (Å²) in [6.45, 7) is 3.19. The van der Waals surface area contributed by atoms with Crippen molar-refractivity contribution in [2.45, 2.75) is 0 Å². The van der Waals surface area contributed by atoms with E-state index in [1.807, 2.05) is 5.48 Å². The fraction of sp³-hybridized carbons (Fsp3) is 0.0909. The number of nitrogens with one attached hydrogen (secondary N) is 1. The van der Waals surface area contributed by atoms with Crippen LogP contribution in [0.15, 0.2) is 43.0 Å². The topological polar surface area (TPSA) is 75.6 Å². The first-order chi connectivity index (χ1) is 7.61. The van der Waals surface area contributed by atoms with Gasteiger partial charge in [-0.1, -0.05) is 24.8 Å². The van der Waals surface area contributed by atoms with E-state index in [0.29, 0.717) is 5.56 Å². The average molecular weight is 223 g/mol. The van der Waals surface area contributed by atoms with Gasteiger partial charge >= 0.3 is 5.97 Å². The molecule has 0 saturated carbocycles. The minimum absolute atomic E-state index is 0.331. The summed E-state index contributed by atoms with van der Waals surface area (Å²) in [5, 5.41) is 8.38. The SMILES string of the molecule is C=CC(=O)NOC.O=C(O)c1ccccc1. The van der Waals surface area contributed by atoms with Gasteiger partial charge in [0.15, 0.2) is 0 Å². The lowest BCUT2D eigenvalue weighted by Gasteiger charge is -1.91. The summed E-state index contributed by atoms with van der Waals surface area (Å²) in [5.41, 5.74) is 2.37. The molecule has 1 amide bonds. The summed E-state index contributed by atoms with van der Waals surface area (Å²) < 4.78 is 0. The van der Waals surface area contributed by atoms with Gasteiger partial charge in [-0.2, -0.15) is 0 Å². The van der Waals surface area contributed by atoms with Gasteiger partial charge in [0, 0.05) is 0 Å². The maximum Gasteiger partial charge on any atom is 0.335 e. The summed E-state index contributed by atoms with van der Waals surface area (Å²) >= 11 is 0. The molecular weight excluding hydrogens is 210 g/mol. The summed E-state index contributed by atoms with van der Waals surface area (Å²) in [4.78, 5) is 24.5. The highest BCUT2D eigenvalue weighted by Gasteiger charge is 1.96. The van der Waals surface area contributed by atoms with Gasteiger partial charge in [-0.05, 0) is 18.2 Å². The second-order valence-corrected chi connectivity index (χ2v) is 2.55. The summed E-state index contributed by atoms with van der Waals surface area (Å²) in [6.07, 6.45) is 1.13. The number of hydroxylamine groups is 1. The Labute approximate surface area is 93.3 Å². The third kappa shape index (κ3) is 6.33. The van der Waals surface area contributed by atoms with Gasteiger partial charge in [0.1, 0.15) is 0 Å². The van der Waals surface area contributed by atoms with Crippen LogP contribution < -0.4 is 5.48 Å². The van der Waals surface area contributed by atoms with Crippen molar-refractivity contribution in [1.82, 2.24) is 5.48 Å². The molecule has 5 heteroatoms. The molecule has 0 aliphatic rings. The van der Waals surface area contributed by atoms with Gasteiger partial charge < -0.3 is 5.11 Å². The van der Waals surface area contributed by atoms with E-state index in [2.05, 4.69) is 11.4 Å². The van der Waals surface area contributed by atoms with Gasteiger partial charge in [-0.3, -0.25) is 9.63 Å². The van der Waals surface area contributed by atoms with Gasteiger partial charge in [-0.25, -0.2) is 10.3 Å². The zero-order chi connectivity index (χ0) is 12.4. The molecule has 0 radical (unpaired) electrons. The molecule has 16 heavy (non-hydrogen) atoms. The second kappa shape index (κ2) is 8.19. The Morgan fingerprint density at radius 2 is 1.94 bits per heavy atom. The number of carboxylic acids is 1. The van der Waals surface area contributed by atoms with Crippen LogP contribution >= 0.6 is 0 Å². The summed E-state index contributed by atoms with van der Waals surface area (Å²) in [5.74, 6) is -1.21. The number of carbonyl (C=O) groups is 2. The van der Waals surface area contributed by atoms with Crippen molar-refractivity contribution < 1.29 is 19.5 Å². The molecule has 1 rings (SSSR count). The van der Waals surface area contributed by atoms with Crippen molar-refractivity contribution in [1.29, 1.82) is 0 Å². The van der Waals surface area contributed by atoms with Crippen LogP contribution in [0.3, 0.4) is 0 Å². The van der Waals surface area contributed by atoms with Gasteiger partial charge in [0.2, 0.25) is 0 Å². The van der Waals surface area contributed by atoms with E-state index in [-0.39, 0.29) is 5.91 Å². The van der Waals surface area contributed by atoms with Gasteiger partial charge in [-0.15, -0.1) is 0 Å². The number of aromatic carboxylic acids is 1. The van der Waals surface area contributed by atoms with E-state index in [1.54, 1.807) is 30.3 Å². The Bertz CT molecular complexity index is 348. The number of rotatable bonds is 3. The molecule has 5 nitrogen and oxygen atoms in total. The number of benzene rings is 1. The Balaban J connectivity index is 0.000000293. The van der Waals surface area contributed by atoms with E-state index < -0.39 is 5.97 Å². The molecule has 0 saturated heterocycles. The van der Waals surface area contributed by atoms with Gasteiger partial charge in [0.05, 0.1) is 12.7 Å². The van der Waals surface area contributed by atoms with E-state index in [9.17, 15) is 9.59 Å². The fourth-order valence-electron chi connectivity index (χ4n) is 0.723. The molecule has 0 fully saturated rings. The maximum absolute atomic E-state index is 10.2. The molecule has 0 unspecified atom stereocenters. The molecule has 0 bridgehead atoms. The fourth-order valence-corrected chi connectivity index (χ4v) is 0.723. The third-order valence-electron chi connectivity index (χ3n) is 1.41. The monoisotopic (exact) mass is 223 g/mol. The number of hydrogen-bond acceptors (Lipinski definition) is 3. The van der Waals surface area contributed by atoms with Crippen molar-refractivity contribution in [3.8, 4) is 0 Å². The molecule has 0 aromatic heterocycles. The lowest BCUT2D eigenvalue weighted by atomic mass is 10.2. The predicted molar refractivity (Wildman–Crippen MR) is 58.8 cm³/mol. The Morgan fingerprint density at radius 1 is 1.38 bits per heavy atom. The van der Waals surface area contributed by atoms with Crippen molar-refractivity contribution in [3.63, 3.8) is 0 Å². The van der Waals surface area contributed by atoms with E-state index >= 15 is 0 Å². The normalized spacial score (nSPS) is 8.31. The molecular formula is C11H13NO4. The molecule has 86 valence electrons. The van der Waals surface area contributed by atoms with Crippen LogP contribution in [0.25, 0.3) is 0 Å². The summed E-state index contributed by atoms with van der Waals surface area (Å²) in [7, 11) is 1.36. The van der Waals surface area contributed by atoms with E-state index in [4.69, 9.17) is 5.11 Å². The highest BCUT2D eigenvalue weighted by molar-refractivity contribution is 5.87. The third-order valence-corrected chi connectivity index (χ3v) is 1.41. The zero-order valence-corrected chi connectivity index (χ0v) is 8.84. The van der Waals surface area contributed by atoms with Crippen LogP contribution in [0, 0.1) is 0 Å². The Kier molecular flexibility index (Phi) is 7.10. The maximum atomic E-state index is 10.2. The number of amides is 1. The van der Waals surface area contributed by atoms with Crippen molar-refractivity contribution in [3.05, 3.63) is 48.6 Å². The number of carbonyl (C=O) groups excluding carboxylic acids is 1. The molecule has 1 aromatic carbocycles. The standard InChI is InChI=1S/C7H6O2.C4H7NO2/c8-7(9)6-4-2-1-3-5-6;1-3-4(6)5-7-2/h1-5H,(H,8,9);3H,1H2,2H3,(H,5,6). The molecule has 0 atom stereocenters. The van der Waals surface area contributed by atoms with Crippen LogP contribution in [0.1, 0.15) is 10.4 Å². The van der Waals surface area contributed by atoms with E-state index in [0.717, 1.165) is 6.08 Å². The van der Waals surface area contributed by atoms with Crippen LogP contribution in [-0.2, 0) is 9.63 Å². The molecule has 1 aromatic rings. The molecule has 0 aliphatic carbocycles. The highest BCUT2D eigenvalue weighted by Crippen LogP contribution is 1.96. The predicted octanol–water partition coefficient (Wildman–Crippen LogP) is 1.23. The van der Waals surface area contributed by atoms with E-state index in [1.165, 1.54) is 7.11 Å². The minimum Gasteiger partial charge on any atom is -0.478 e. The van der Waals surface area contributed by atoms with Crippen LogP contribution in [-0.4, -0.2) is 24.1 Å². The second-order valence-electron chi connectivity index (χ2n) is 2.55. The minimum atomic E-state index is -0.879. The summed E-state index contributed by atoms with van der Waals surface area (Å²) in [6, 6.07) is 8.30. The van der Waals surface area contributed by atoms with Crippen LogP contribution in [0.2, 0.25) is 0 Å². The smallest absolute Gasteiger partial charge is 0.335 e. The number of hydrogen-bond donors (Lipinski definition) is 2. The first kappa shape index (κ1) is 13.9. The van der Waals surface area contributed by atoms with Crippen molar-refractivity contribution in [2.24, 2.45) is 0 Å². The largest absolute Gasteiger partial charge is 0.478 e. The van der Waals surface area contributed by atoms with Crippen molar-refractivity contribution >= 4 is 11.9 Å². The Morgan fingerprint density at radius 3 is 2.19 bits per heavy atom. The molecule has 0 heterocycles. The lowest BCUT2D eigenvalue weighted by molar-refractivity contribution is -0.126. The van der Waals surface area contributed by atoms with Crippen LogP contribution in [0.5, 0.6) is 0 Å². The average Bonchev–Trinajstić information content (AvgIpc) is 2.31. The first-order valence-electron chi connectivity index (χ1n) is 4.35. The lowest BCUT2D eigenvalue weighted by Crippen LogP contribution is -2.18. The van der Waals surface area contributed by atoms with Crippen LogP contribution in [0.4, 0.5) is 0 Å². The quantitative estimate of drug-likeness (QED) is 0.597. The zero-order valence-electron chi connectivity index (χ0n) is 8.84. The number of carboxylic acid groups (broad SMARTS) is 1. The molecule has 0 aliphatic heterocycles. The first-order valence-corrected chi connectivity index (χ1v) is 4.35.